The molecule has 1 heterocycles. The lowest BCUT2D eigenvalue weighted by Crippen LogP contribution is -2.48. The molecule has 4 nitrogen and oxygen atoms in total. The van der Waals surface area contributed by atoms with Crippen molar-refractivity contribution in [1.82, 2.24) is 5.32 Å². The molecule has 0 aliphatic carbocycles. The number of nitrogens with one attached hydrogen (secondary N) is 1. The molecule has 2 atom stereocenters. The van der Waals surface area contributed by atoms with Crippen LogP contribution in [0.3, 0.4) is 0 Å². The summed E-state index contributed by atoms with van der Waals surface area (Å²) in [6.45, 7) is 4.03. The Labute approximate surface area is 148 Å². The van der Waals surface area contributed by atoms with Crippen LogP contribution in [-0.4, -0.2) is 30.4 Å². The molecule has 0 aromatic rings. The third-order valence-corrected chi connectivity index (χ3v) is 4.82. The molecule has 1 amide bonds. The summed E-state index contributed by atoms with van der Waals surface area (Å²) in [6, 6.07) is -0.434. The number of rotatable bonds is 13. The van der Waals surface area contributed by atoms with Gasteiger partial charge in [0.15, 0.2) is 5.78 Å². The molecule has 1 aliphatic rings. The molecule has 4 heteroatoms. The van der Waals surface area contributed by atoms with Crippen LogP contribution in [0.25, 0.3) is 0 Å². The van der Waals surface area contributed by atoms with E-state index in [1.165, 1.54) is 71.1 Å². The molecule has 1 saturated heterocycles. The van der Waals surface area contributed by atoms with E-state index in [0.717, 1.165) is 12.8 Å². The summed E-state index contributed by atoms with van der Waals surface area (Å²) in [7, 11) is 0. The maximum atomic E-state index is 11.9. The summed E-state index contributed by atoms with van der Waals surface area (Å²) in [5, 5.41) is 2.65. The van der Waals surface area contributed by atoms with E-state index in [1.54, 1.807) is 0 Å². The van der Waals surface area contributed by atoms with Crippen molar-refractivity contribution in [2.24, 2.45) is 0 Å². The van der Waals surface area contributed by atoms with Gasteiger partial charge in [0.25, 0.3) is 0 Å². The van der Waals surface area contributed by atoms with Crippen molar-refractivity contribution in [2.75, 3.05) is 6.61 Å². The quantitative estimate of drug-likeness (QED) is 0.501. The van der Waals surface area contributed by atoms with Crippen molar-refractivity contribution in [3.63, 3.8) is 0 Å². The average Bonchev–Trinajstić information content (AvgIpc) is 2.54. The van der Waals surface area contributed by atoms with E-state index in [9.17, 15) is 9.59 Å². The van der Waals surface area contributed by atoms with E-state index in [-0.39, 0.29) is 17.8 Å². The van der Waals surface area contributed by atoms with Crippen LogP contribution in [0.5, 0.6) is 0 Å². The Kier molecular flexibility index (Phi) is 11.8. The Morgan fingerprint density at radius 1 is 1.00 bits per heavy atom. The molecule has 140 valence electrons. The standard InChI is InChI=1S/C20H37NO3/c1-3-4-5-6-7-8-9-10-11-12-13-14-18-15-20(23)19(16-24-18)21-17(2)22/h18-19H,3-16H2,1-2H3,(H,21,22). The first-order valence-electron chi connectivity index (χ1n) is 10.0. The lowest BCUT2D eigenvalue weighted by atomic mass is 9.98. The molecule has 0 radical (unpaired) electrons. The van der Waals surface area contributed by atoms with Gasteiger partial charge >= 0.3 is 0 Å². The van der Waals surface area contributed by atoms with E-state index in [1.807, 2.05) is 0 Å². The van der Waals surface area contributed by atoms with Crippen LogP contribution in [0.15, 0.2) is 0 Å². The average molecular weight is 340 g/mol. The molecule has 2 unspecified atom stereocenters. The fraction of sp³-hybridized carbons (Fsp3) is 0.900. The largest absolute Gasteiger partial charge is 0.375 e. The molecule has 1 aliphatic heterocycles. The molecule has 0 saturated carbocycles. The predicted molar refractivity (Wildman–Crippen MR) is 98.0 cm³/mol. The molecular formula is C20H37NO3. The number of hydrogen-bond donors (Lipinski definition) is 1. The Balaban J connectivity index is 1.92. The van der Waals surface area contributed by atoms with Gasteiger partial charge in [-0.15, -0.1) is 0 Å². The number of ketones is 1. The smallest absolute Gasteiger partial charge is 0.217 e. The first kappa shape index (κ1) is 21.1. The van der Waals surface area contributed by atoms with Gasteiger partial charge in [0.1, 0.15) is 6.04 Å². The first-order valence-corrected chi connectivity index (χ1v) is 10.0. The van der Waals surface area contributed by atoms with E-state index in [0.29, 0.717) is 13.0 Å². The Morgan fingerprint density at radius 2 is 1.54 bits per heavy atom. The lowest BCUT2D eigenvalue weighted by molar-refractivity contribution is -0.136. The highest BCUT2D eigenvalue weighted by molar-refractivity contribution is 5.89. The van der Waals surface area contributed by atoms with Gasteiger partial charge in [0.2, 0.25) is 5.91 Å². The number of hydrogen-bond acceptors (Lipinski definition) is 3. The van der Waals surface area contributed by atoms with Gasteiger partial charge in [-0.1, -0.05) is 77.6 Å². The van der Waals surface area contributed by atoms with Gasteiger partial charge in [-0.2, -0.15) is 0 Å². The number of carbonyl (C=O) groups is 2. The van der Waals surface area contributed by atoms with Gasteiger partial charge in [0.05, 0.1) is 12.7 Å². The fourth-order valence-electron chi connectivity index (χ4n) is 3.34. The summed E-state index contributed by atoms with van der Waals surface area (Å²) >= 11 is 0. The van der Waals surface area contributed by atoms with Crippen molar-refractivity contribution in [3.05, 3.63) is 0 Å². The van der Waals surface area contributed by atoms with Crippen LogP contribution in [0.4, 0.5) is 0 Å². The Morgan fingerprint density at radius 3 is 2.04 bits per heavy atom. The highest BCUT2D eigenvalue weighted by atomic mass is 16.5. The minimum Gasteiger partial charge on any atom is -0.375 e. The van der Waals surface area contributed by atoms with Crippen LogP contribution in [0.2, 0.25) is 0 Å². The van der Waals surface area contributed by atoms with Gasteiger partial charge < -0.3 is 10.1 Å². The summed E-state index contributed by atoms with van der Waals surface area (Å²) in [4.78, 5) is 23.0. The molecule has 0 bridgehead atoms. The van der Waals surface area contributed by atoms with E-state index >= 15 is 0 Å². The molecule has 24 heavy (non-hydrogen) atoms. The van der Waals surface area contributed by atoms with Crippen molar-refractivity contribution in [2.45, 2.75) is 109 Å². The second-order valence-corrected chi connectivity index (χ2v) is 7.20. The first-order chi connectivity index (χ1) is 11.6. The Bertz CT molecular complexity index is 357. The van der Waals surface area contributed by atoms with E-state index < -0.39 is 6.04 Å². The molecule has 0 spiro atoms. The van der Waals surface area contributed by atoms with Gasteiger partial charge in [0, 0.05) is 13.3 Å². The van der Waals surface area contributed by atoms with Crippen LogP contribution < -0.4 is 5.32 Å². The summed E-state index contributed by atoms with van der Waals surface area (Å²) in [5.41, 5.74) is 0. The number of ether oxygens (including phenoxy) is 1. The summed E-state index contributed by atoms with van der Waals surface area (Å²) < 4.78 is 5.72. The van der Waals surface area contributed by atoms with Gasteiger partial charge in [-0.05, 0) is 6.42 Å². The number of Topliss-reactive ketones (excluding diaryl/α,β-unsaturated/α-hetero) is 1. The maximum Gasteiger partial charge on any atom is 0.217 e. The van der Waals surface area contributed by atoms with Crippen molar-refractivity contribution >= 4 is 11.7 Å². The highest BCUT2D eigenvalue weighted by Gasteiger charge is 2.29. The van der Waals surface area contributed by atoms with Crippen molar-refractivity contribution in [3.8, 4) is 0 Å². The lowest BCUT2D eigenvalue weighted by Gasteiger charge is -2.28. The SMILES string of the molecule is CCCCCCCCCCCCCC1CC(=O)C(NC(C)=O)CO1. The highest BCUT2D eigenvalue weighted by Crippen LogP contribution is 2.18. The predicted octanol–water partition coefficient (Wildman–Crippen LogP) is 4.55. The zero-order valence-corrected chi connectivity index (χ0v) is 15.8. The second-order valence-electron chi connectivity index (χ2n) is 7.20. The maximum absolute atomic E-state index is 11.9. The molecule has 0 aromatic carbocycles. The topological polar surface area (TPSA) is 55.4 Å². The molecular weight excluding hydrogens is 302 g/mol. The normalized spacial score (nSPS) is 21.0. The summed E-state index contributed by atoms with van der Waals surface area (Å²) in [6.07, 6.45) is 16.1. The zero-order valence-electron chi connectivity index (χ0n) is 15.8. The molecule has 1 N–H and O–H groups in total. The Hall–Kier alpha value is -0.900. The van der Waals surface area contributed by atoms with Crippen LogP contribution in [0.1, 0.15) is 97.3 Å². The summed E-state index contributed by atoms with van der Waals surface area (Å²) in [5.74, 6) is -0.0507. The van der Waals surface area contributed by atoms with Crippen LogP contribution >= 0.6 is 0 Å². The van der Waals surface area contributed by atoms with E-state index in [2.05, 4.69) is 12.2 Å². The minimum atomic E-state index is -0.434. The third-order valence-electron chi connectivity index (χ3n) is 4.82. The minimum absolute atomic E-state index is 0.0565. The second kappa shape index (κ2) is 13.4. The fourth-order valence-corrected chi connectivity index (χ4v) is 3.34. The van der Waals surface area contributed by atoms with Gasteiger partial charge in [-0.25, -0.2) is 0 Å². The number of carbonyl (C=O) groups excluding carboxylic acids is 2. The van der Waals surface area contributed by atoms with E-state index in [4.69, 9.17) is 4.74 Å². The monoisotopic (exact) mass is 339 g/mol. The third kappa shape index (κ3) is 10.1. The number of amides is 1. The molecule has 1 fully saturated rings. The molecule has 1 rings (SSSR count). The van der Waals surface area contributed by atoms with Gasteiger partial charge in [-0.3, -0.25) is 9.59 Å². The molecule has 0 aromatic heterocycles. The van der Waals surface area contributed by atoms with Crippen LogP contribution in [0, 0.1) is 0 Å². The van der Waals surface area contributed by atoms with Crippen molar-refractivity contribution in [1.29, 1.82) is 0 Å². The number of unbranched alkanes of at least 4 members (excludes halogenated alkanes) is 10. The van der Waals surface area contributed by atoms with Crippen molar-refractivity contribution < 1.29 is 14.3 Å². The zero-order chi connectivity index (χ0) is 17.6. The van der Waals surface area contributed by atoms with Crippen LogP contribution in [-0.2, 0) is 14.3 Å².